The first kappa shape index (κ1) is 17.2. The second-order valence-electron chi connectivity index (χ2n) is 5.45. The molecule has 0 fully saturated rings. The number of pyridine rings is 1. The lowest BCUT2D eigenvalue weighted by molar-refractivity contribution is -0.184. The number of halogens is 1. The molecule has 8 heteroatoms. The summed E-state index contributed by atoms with van der Waals surface area (Å²) >= 11 is 5.87. The Kier molecular flexibility index (Phi) is 5.16. The molecule has 3 aromatic rings. The largest absolute Gasteiger partial charge is 0.420 e. The SMILES string of the molecule is CN(CCc1ccccn1)OC(=O)Cn1c(=O)oc2cc(Cl)ccc21. The number of fused-ring (bicyclic) bond motifs is 1. The van der Waals surface area contributed by atoms with Gasteiger partial charge < -0.3 is 9.25 Å². The van der Waals surface area contributed by atoms with Crippen LogP contribution < -0.4 is 5.76 Å². The molecule has 0 amide bonds. The van der Waals surface area contributed by atoms with Crippen molar-refractivity contribution in [3.63, 3.8) is 0 Å². The number of carbonyl (C=O) groups excluding carboxylic acids is 1. The van der Waals surface area contributed by atoms with E-state index in [1.54, 1.807) is 25.4 Å². The van der Waals surface area contributed by atoms with Crippen LogP contribution in [0.3, 0.4) is 0 Å². The van der Waals surface area contributed by atoms with Gasteiger partial charge in [-0.2, -0.15) is 0 Å². The highest BCUT2D eigenvalue weighted by molar-refractivity contribution is 6.31. The van der Waals surface area contributed by atoms with Crippen LogP contribution in [0.5, 0.6) is 0 Å². The van der Waals surface area contributed by atoms with Crippen molar-refractivity contribution >= 4 is 28.7 Å². The molecule has 0 unspecified atom stereocenters. The molecular weight excluding hydrogens is 346 g/mol. The van der Waals surface area contributed by atoms with Gasteiger partial charge in [-0.25, -0.2) is 9.59 Å². The van der Waals surface area contributed by atoms with E-state index in [9.17, 15) is 9.59 Å². The quantitative estimate of drug-likeness (QED) is 0.627. The summed E-state index contributed by atoms with van der Waals surface area (Å²) < 4.78 is 6.29. The molecule has 0 saturated carbocycles. The Hall–Kier alpha value is -2.64. The summed E-state index contributed by atoms with van der Waals surface area (Å²) in [6, 6.07) is 10.4. The molecule has 2 aromatic heterocycles. The van der Waals surface area contributed by atoms with Gasteiger partial charge in [0.1, 0.15) is 6.54 Å². The average Bonchev–Trinajstić information content (AvgIpc) is 2.88. The first-order chi connectivity index (χ1) is 12.0. The maximum Gasteiger partial charge on any atom is 0.420 e. The fraction of sp³-hybridized carbons (Fsp3) is 0.235. The maximum absolute atomic E-state index is 12.1. The molecule has 0 N–H and O–H groups in total. The Morgan fingerprint density at radius 2 is 2.20 bits per heavy atom. The number of carbonyl (C=O) groups is 1. The minimum Gasteiger partial charge on any atom is -0.408 e. The molecule has 0 aliphatic carbocycles. The molecule has 130 valence electrons. The molecule has 2 heterocycles. The van der Waals surface area contributed by atoms with Crippen molar-refractivity contribution < 1.29 is 14.0 Å². The lowest BCUT2D eigenvalue weighted by Crippen LogP contribution is -2.29. The van der Waals surface area contributed by atoms with E-state index in [0.717, 1.165) is 5.69 Å². The van der Waals surface area contributed by atoms with Crippen molar-refractivity contribution in [2.45, 2.75) is 13.0 Å². The predicted molar refractivity (Wildman–Crippen MR) is 92.1 cm³/mol. The van der Waals surface area contributed by atoms with E-state index >= 15 is 0 Å². The van der Waals surface area contributed by atoms with Gasteiger partial charge in [-0.15, -0.1) is 5.06 Å². The van der Waals surface area contributed by atoms with Crippen molar-refractivity contribution in [2.24, 2.45) is 0 Å². The summed E-state index contributed by atoms with van der Waals surface area (Å²) in [6.07, 6.45) is 2.35. The summed E-state index contributed by atoms with van der Waals surface area (Å²) in [7, 11) is 1.65. The molecule has 0 bridgehead atoms. The number of rotatable bonds is 6. The monoisotopic (exact) mass is 361 g/mol. The molecule has 3 rings (SSSR count). The fourth-order valence-corrected chi connectivity index (χ4v) is 2.55. The smallest absolute Gasteiger partial charge is 0.408 e. The third kappa shape index (κ3) is 4.26. The number of nitrogens with zero attached hydrogens (tertiary/aromatic N) is 3. The van der Waals surface area contributed by atoms with E-state index in [4.69, 9.17) is 20.9 Å². The molecule has 0 radical (unpaired) electrons. The zero-order valence-electron chi connectivity index (χ0n) is 13.5. The van der Waals surface area contributed by atoms with Crippen LogP contribution in [0, 0.1) is 0 Å². The van der Waals surface area contributed by atoms with Crippen LogP contribution in [-0.4, -0.2) is 34.2 Å². The zero-order chi connectivity index (χ0) is 17.8. The number of aromatic nitrogens is 2. The summed E-state index contributed by atoms with van der Waals surface area (Å²) in [5.74, 6) is -1.20. The van der Waals surface area contributed by atoms with Gasteiger partial charge in [0.15, 0.2) is 5.58 Å². The highest BCUT2D eigenvalue weighted by Crippen LogP contribution is 2.18. The Morgan fingerprint density at radius 3 is 2.96 bits per heavy atom. The van der Waals surface area contributed by atoms with E-state index in [1.165, 1.54) is 15.7 Å². The minimum atomic E-state index is -0.634. The van der Waals surface area contributed by atoms with Crippen molar-refractivity contribution in [2.75, 3.05) is 13.6 Å². The van der Waals surface area contributed by atoms with Gasteiger partial charge in [0.2, 0.25) is 0 Å². The predicted octanol–water partition coefficient (Wildman–Crippen LogP) is 2.28. The number of hydroxylamine groups is 2. The number of hydrogen-bond donors (Lipinski definition) is 0. The van der Waals surface area contributed by atoms with Crippen LogP contribution in [0.2, 0.25) is 5.02 Å². The molecule has 0 spiro atoms. The maximum atomic E-state index is 12.1. The lowest BCUT2D eigenvalue weighted by atomic mass is 10.3. The van der Waals surface area contributed by atoms with Gasteiger partial charge in [0.05, 0.1) is 5.52 Å². The Balaban J connectivity index is 1.61. The van der Waals surface area contributed by atoms with Crippen LogP contribution in [-0.2, 0) is 22.6 Å². The molecular formula is C17H16ClN3O4. The molecule has 0 aliphatic rings. The lowest BCUT2D eigenvalue weighted by Gasteiger charge is -2.15. The van der Waals surface area contributed by atoms with Crippen LogP contribution >= 0.6 is 11.6 Å². The van der Waals surface area contributed by atoms with E-state index < -0.39 is 11.7 Å². The summed E-state index contributed by atoms with van der Waals surface area (Å²) in [5.41, 5.74) is 1.72. The standard InChI is InChI=1S/C17H16ClN3O4/c1-20(9-7-13-4-2-3-8-19-13)25-16(22)11-21-14-6-5-12(18)10-15(14)24-17(21)23/h2-6,8,10H,7,9,11H2,1H3. The Bertz CT molecular complexity index is 936. The van der Waals surface area contributed by atoms with Crippen LogP contribution in [0.25, 0.3) is 11.1 Å². The van der Waals surface area contributed by atoms with E-state index in [0.29, 0.717) is 29.1 Å². The highest BCUT2D eigenvalue weighted by atomic mass is 35.5. The molecule has 7 nitrogen and oxygen atoms in total. The topological polar surface area (TPSA) is 77.6 Å². The van der Waals surface area contributed by atoms with E-state index in [2.05, 4.69) is 4.98 Å². The summed E-state index contributed by atoms with van der Waals surface area (Å²) in [6.45, 7) is 0.237. The first-order valence-electron chi connectivity index (χ1n) is 7.63. The van der Waals surface area contributed by atoms with Crippen molar-refractivity contribution in [3.05, 3.63) is 63.9 Å². The molecule has 0 aliphatic heterocycles. The van der Waals surface area contributed by atoms with Gasteiger partial charge in [0, 0.05) is 43.0 Å². The number of hydrogen-bond acceptors (Lipinski definition) is 6. The van der Waals surface area contributed by atoms with E-state index in [1.807, 2.05) is 18.2 Å². The molecule has 0 saturated heterocycles. The molecule has 1 aromatic carbocycles. The van der Waals surface area contributed by atoms with Crippen molar-refractivity contribution in [3.8, 4) is 0 Å². The van der Waals surface area contributed by atoms with E-state index in [-0.39, 0.29) is 6.54 Å². The van der Waals surface area contributed by atoms with Gasteiger partial charge in [-0.05, 0) is 24.3 Å². The highest BCUT2D eigenvalue weighted by Gasteiger charge is 2.15. The Labute approximate surface area is 148 Å². The Morgan fingerprint density at radius 1 is 1.36 bits per heavy atom. The third-order valence-electron chi connectivity index (χ3n) is 3.58. The summed E-state index contributed by atoms with van der Waals surface area (Å²) in [5, 5.41) is 1.87. The molecule has 0 atom stereocenters. The van der Waals surface area contributed by atoms with Crippen LogP contribution in [0.1, 0.15) is 5.69 Å². The number of benzene rings is 1. The van der Waals surface area contributed by atoms with Crippen LogP contribution in [0.4, 0.5) is 0 Å². The first-order valence-corrected chi connectivity index (χ1v) is 8.01. The van der Waals surface area contributed by atoms with Gasteiger partial charge >= 0.3 is 11.7 Å². The third-order valence-corrected chi connectivity index (χ3v) is 3.82. The second-order valence-corrected chi connectivity index (χ2v) is 5.89. The van der Waals surface area contributed by atoms with Crippen molar-refractivity contribution in [1.82, 2.24) is 14.6 Å². The normalized spacial score (nSPS) is 11.2. The van der Waals surface area contributed by atoms with Crippen LogP contribution in [0.15, 0.2) is 51.8 Å². The number of oxazole rings is 1. The van der Waals surface area contributed by atoms with Crippen molar-refractivity contribution in [1.29, 1.82) is 0 Å². The average molecular weight is 362 g/mol. The minimum absolute atomic E-state index is 0.249. The van der Waals surface area contributed by atoms with Gasteiger partial charge in [-0.3, -0.25) is 9.55 Å². The number of likely N-dealkylation sites (N-methyl/N-ethyl adjacent to an activating group) is 1. The second kappa shape index (κ2) is 7.50. The summed E-state index contributed by atoms with van der Waals surface area (Å²) in [4.78, 5) is 33.4. The van der Waals surface area contributed by atoms with Gasteiger partial charge in [-0.1, -0.05) is 17.7 Å². The molecule has 25 heavy (non-hydrogen) atoms. The van der Waals surface area contributed by atoms with Gasteiger partial charge in [0.25, 0.3) is 0 Å². The fourth-order valence-electron chi connectivity index (χ4n) is 2.39. The zero-order valence-corrected chi connectivity index (χ0v) is 14.3.